The van der Waals surface area contributed by atoms with Gasteiger partial charge in [-0.05, 0) is 25.5 Å². The first kappa shape index (κ1) is 10.2. The maximum Gasteiger partial charge on any atom is 0.242 e. The predicted octanol–water partition coefficient (Wildman–Crippen LogP) is 0.648. The lowest BCUT2D eigenvalue weighted by Crippen LogP contribution is -2.35. The Morgan fingerprint density at radius 3 is 3.24 bits per heavy atom. The number of nitrogens with one attached hydrogen (secondary N) is 3. The molecule has 1 atom stereocenters. The number of aromatic amines is 1. The number of nitrogens with zero attached hydrogens (tertiary/aromatic N) is 2. The van der Waals surface area contributed by atoms with E-state index < -0.39 is 0 Å². The highest BCUT2D eigenvalue weighted by atomic mass is 16.2. The Bertz CT molecular complexity index is 544. The Morgan fingerprint density at radius 2 is 2.41 bits per heavy atom. The van der Waals surface area contributed by atoms with Gasteiger partial charge in [0, 0.05) is 6.20 Å². The lowest BCUT2D eigenvalue weighted by atomic mass is 10.2. The number of fused-ring (bicyclic) bond motifs is 1. The van der Waals surface area contributed by atoms with Crippen molar-refractivity contribution in [3.63, 3.8) is 0 Å². The molecule has 2 aromatic heterocycles. The molecule has 1 amide bonds. The Morgan fingerprint density at radius 1 is 1.47 bits per heavy atom. The molecule has 1 unspecified atom stereocenters. The molecular weight excluding hydrogens is 218 g/mol. The van der Waals surface area contributed by atoms with Crippen molar-refractivity contribution < 1.29 is 4.79 Å². The fraction of sp³-hybridized carbons (Fsp3) is 0.364. The van der Waals surface area contributed by atoms with E-state index in [-0.39, 0.29) is 11.9 Å². The van der Waals surface area contributed by atoms with Crippen LogP contribution in [0.2, 0.25) is 0 Å². The van der Waals surface area contributed by atoms with Crippen LogP contribution in [-0.2, 0) is 4.79 Å². The summed E-state index contributed by atoms with van der Waals surface area (Å²) in [5.74, 6) is 0.540. The number of amides is 1. The second-order valence-corrected chi connectivity index (χ2v) is 4.10. The standard InChI is InChI=1S/C11H13N5O/c17-11(8-2-1-4-12-8)16-10-7-3-5-13-9(7)14-6-15-10/h3,5-6,8,12H,1-2,4H2,(H2,13,14,15,16,17). The van der Waals surface area contributed by atoms with Gasteiger partial charge < -0.3 is 15.6 Å². The smallest absolute Gasteiger partial charge is 0.242 e. The fourth-order valence-corrected chi connectivity index (χ4v) is 2.08. The van der Waals surface area contributed by atoms with E-state index >= 15 is 0 Å². The molecule has 3 heterocycles. The van der Waals surface area contributed by atoms with Gasteiger partial charge in [-0.1, -0.05) is 0 Å². The number of aromatic nitrogens is 3. The second-order valence-electron chi connectivity index (χ2n) is 4.10. The predicted molar refractivity (Wildman–Crippen MR) is 63.5 cm³/mol. The summed E-state index contributed by atoms with van der Waals surface area (Å²) in [4.78, 5) is 23.1. The summed E-state index contributed by atoms with van der Waals surface area (Å²) in [5, 5.41) is 6.83. The first-order valence-corrected chi connectivity index (χ1v) is 5.67. The van der Waals surface area contributed by atoms with Crippen molar-refractivity contribution in [2.24, 2.45) is 0 Å². The summed E-state index contributed by atoms with van der Waals surface area (Å²) in [6.45, 7) is 0.904. The lowest BCUT2D eigenvalue weighted by molar-refractivity contribution is -0.117. The van der Waals surface area contributed by atoms with E-state index in [1.165, 1.54) is 6.33 Å². The summed E-state index contributed by atoms with van der Waals surface area (Å²) in [6, 6.07) is 1.76. The summed E-state index contributed by atoms with van der Waals surface area (Å²) >= 11 is 0. The third-order valence-electron chi connectivity index (χ3n) is 2.97. The Labute approximate surface area is 97.8 Å². The van der Waals surface area contributed by atoms with E-state index in [0.29, 0.717) is 5.82 Å². The third kappa shape index (κ3) is 1.87. The molecular formula is C11H13N5O. The summed E-state index contributed by atoms with van der Waals surface area (Å²) < 4.78 is 0. The van der Waals surface area contributed by atoms with Crippen LogP contribution in [0.15, 0.2) is 18.6 Å². The molecule has 2 aromatic rings. The quantitative estimate of drug-likeness (QED) is 0.708. The van der Waals surface area contributed by atoms with Crippen LogP contribution in [0.5, 0.6) is 0 Å². The first-order valence-electron chi connectivity index (χ1n) is 5.67. The first-order chi connectivity index (χ1) is 8.34. The van der Waals surface area contributed by atoms with Gasteiger partial charge in [-0.3, -0.25) is 4.79 Å². The van der Waals surface area contributed by atoms with E-state index in [1.807, 2.05) is 6.07 Å². The minimum absolute atomic E-state index is 0.0244. The average molecular weight is 231 g/mol. The molecule has 0 aliphatic carbocycles. The minimum atomic E-state index is -0.0982. The molecule has 3 rings (SSSR count). The maximum atomic E-state index is 11.9. The van der Waals surface area contributed by atoms with E-state index in [1.54, 1.807) is 6.20 Å². The zero-order valence-electron chi connectivity index (χ0n) is 9.23. The average Bonchev–Trinajstić information content (AvgIpc) is 3.00. The molecule has 1 aliphatic rings. The Balaban J connectivity index is 1.84. The monoisotopic (exact) mass is 231 g/mol. The van der Waals surface area contributed by atoms with E-state index in [0.717, 1.165) is 30.4 Å². The van der Waals surface area contributed by atoms with Gasteiger partial charge >= 0.3 is 0 Å². The van der Waals surface area contributed by atoms with Crippen LogP contribution in [0, 0.1) is 0 Å². The molecule has 0 radical (unpaired) electrons. The van der Waals surface area contributed by atoms with Gasteiger partial charge in [0.15, 0.2) is 0 Å². The minimum Gasteiger partial charge on any atom is -0.346 e. The number of rotatable bonds is 2. The summed E-state index contributed by atoms with van der Waals surface area (Å²) in [6.07, 6.45) is 5.15. The van der Waals surface area contributed by atoms with Gasteiger partial charge in [0.25, 0.3) is 0 Å². The van der Waals surface area contributed by atoms with Gasteiger partial charge in [-0.15, -0.1) is 0 Å². The largest absolute Gasteiger partial charge is 0.346 e. The molecule has 0 saturated carbocycles. The van der Waals surface area contributed by atoms with E-state index in [4.69, 9.17) is 0 Å². The fourth-order valence-electron chi connectivity index (χ4n) is 2.08. The van der Waals surface area contributed by atoms with Crippen molar-refractivity contribution in [1.29, 1.82) is 0 Å². The van der Waals surface area contributed by atoms with Gasteiger partial charge in [0.1, 0.15) is 17.8 Å². The van der Waals surface area contributed by atoms with Gasteiger partial charge in [0.05, 0.1) is 11.4 Å². The highest BCUT2D eigenvalue weighted by Crippen LogP contribution is 2.18. The molecule has 3 N–H and O–H groups in total. The van der Waals surface area contributed by atoms with Crippen LogP contribution in [0.1, 0.15) is 12.8 Å². The molecule has 1 saturated heterocycles. The molecule has 1 aliphatic heterocycles. The zero-order valence-corrected chi connectivity index (χ0v) is 9.23. The highest BCUT2D eigenvalue weighted by molar-refractivity contribution is 6.00. The van der Waals surface area contributed by atoms with Crippen LogP contribution in [0.25, 0.3) is 11.0 Å². The molecule has 0 spiro atoms. The number of carbonyl (C=O) groups is 1. The zero-order chi connectivity index (χ0) is 11.7. The van der Waals surface area contributed by atoms with Crippen LogP contribution in [-0.4, -0.2) is 33.4 Å². The SMILES string of the molecule is O=C(Nc1ncnc2[nH]ccc12)C1CCCN1. The molecule has 88 valence electrons. The number of hydrogen-bond acceptors (Lipinski definition) is 4. The van der Waals surface area contributed by atoms with Crippen LogP contribution in [0.4, 0.5) is 5.82 Å². The summed E-state index contributed by atoms with van der Waals surface area (Å²) in [5.41, 5.74) is 0.731. The number of anilines is 1. The van der Waals surface area contributed by atoms with Gasteiger partial charge in [0.2, 0.25) is 5.91 Å². The Hall–Kier alpha value is -1.95. The van der Waals surface area contributed by atoms with Crippen molar-refractivity contribution in [3.05, 3.63) is 18.6 Å². The second kappa shape index (κ2) is 4.14. The molecule has 0 bridgehead atoms. The van der Waals surface area contributed by atoms with Crippen molar-refractivity contribution in [1.82, 2.24) is 20.3 Å². The van der Waals surface area contributed by atoms with E-state index in [9.17, 15) is 4.79 Å². The van der Waals surface area contributed by atoms with E-state index in [2.05, 4.69) is 25.6 Å². The van der Waals surface area contributed by atoms with Crippen LogP contribution < -0.4 is 10.6 Å². The Kier molecular flexibility index (Phi) is 2.49. The molecule has 6 nitrogen and oxygen atoms in total. The topological polar surface area (TPSA) is 82.7 Å². The molecule has 0 aromatic carbocycles. The van der Waals surface area contributed by atoms with Crippen LogP contribution in [0.3, 0.4) is 0 Å². The molecule has 6 heteroatoms. The number of H-pyrrole nitrogens is 1. The molecule has 17 heavy (non-hydrogen) atoms. The molecule has 1 fully saturated rings. The van der Waals surface area contributed by atoms with Crippen LogP contribution >= 0.6 is 0 Å². The maximum absolute atomic E-state index is 11.9. The lowest BCUT2D eigenvalue weighted by Gasteiger charge is -2.10. The highest BCUT2D eigenvalue weighted by Gasteiger charge is 2.22. The summed E-state index contributed by atoms with van der Waals surface area (Å²) in [7, 11) is 0. The van der Waals surface area contributed by atoms with Gasteiger partial charge in [-0.2, -0.15) is 0 Å². The van der Waals surface area contributed by atoms with Crippen molar-refractivity contribution >= 4 is 22.8 Å². The third-order valence-corrected chi connectivity index (χ3v) is 2.97. The van der Waals surface area contributed by atoms with Crippen molar-refractivity contribution in [2.45, 2.75) is 18.9 Å². The number of carbonyl (C=O) groups excluding carboxylic acids is 1. The number of hydrogen-bond donors (Lipinski definition) is 3. The normalized spacial score (nSPS) is 19.6. The van der Waals surface area contributed by atoms with Gasteiger partial charge in [-0.25, -0.2) is 9.97 Å². The van der Waals surface area contributed by atoms with Crippen molar-refractivity contribution in [2.75, 3.05) is 11.9 Å². The van der Waals surface area contributed by atoms with Crippen molar-refractivity contribution in [3.8, 4) is 0 Å².